The molecular formula is C23H26N4O3. The van der Waals surface area contributed by atoms with Crippen LogP contribution in [0.2, 0.25) is 0 Å². The summed E-state index contributed by atoms with van der Waals surface area (Å²) in [6.07, 6.45) is 3.39. The van der Waals surface area contributed by atoms with Gasteiger partial charge in [-0.25, -0.2) is 4.68 Å². The number of nitrogens with zero attached hydrogens (tertiary/aromatic N) is 3. The molecule has 2 heterocycles. The molecule has 1 aromatic heterocycles. The first-order chi connectivity index (χ1) is 14.6. The third-order valence-electron chi connectivity index (χ3n) is 5.18. The summed E-state index contributed by atoms with van der Waals surface area (Å²) in [6, 6.07) is 14.1. The predicted molar refractivity (Wildman–Crippen MR) is 116 cm³/mol. The molecule has 0 aliphatic carbocycles. The standard InChI is InChI=1S/C23H26N4O3/c1-15-6-8-16(9-7-15)18-14-19(17-10-11-20(29-2)21(13-17)30-3)27-23(24-18)25-22(26-27)5-4-12-28/h6-11,13-14,19,28H,4-5,12H2,1-3H3,(H,24,25,26). The minimum Gasteiger partial charge on any atom is -0.493 e. The van der Waals surface area contributed by atoms with Gasteiger partial charge in [0, 0.05) is 18.7 Å². The third kappa shape index (κ3) is 3.89. The molecule has 0 bridgehead atoms. The van der Waals surface area contributed by atoms with Gasteiger partial charge in [0.1, 0.15) is 6.04 Å². The van der Waals surface area contributed by atoms with E-state index < -0.39 is 0 Å². The highest BCUT2D eigenvalue weighted by Gasteiger charge is 2.26. The van der Waals surface area contributed by atoms with Crippen molar-refractivity contribution in [1.29, 1.82) is 0 Å². The van der Waals surface area contributed by atoms with Gasteiger partial charge in [-0.15, -0.1) is 0 Å². The molecule has 0 radical (unpaired) electrons. The lowest BCUT2D eigenvalue weighted by Crippen LogP contribution is -2.20. The van der Waals surface area contributed by atoms with Gasteiger partial charge in [0.25, 0.3) is 0 Å². The molecule has 1 aliphatic heterocycles. The zero-order valence-electron chi connectivity index (χ0n) is 17.4. The van der Waals surface area contributed by atoms with Gasteiger partial charge in [0.15, 0.2) is 17.3 Å². The van der Waals surface area contributed by atoms with E-state index in [1.165, 1.54) is 5.56 Å². The first-order valence-corrected chi connectivity index (χ1v) is 9.97. The van der Waals surface area contributed by atoms with Crippen molar-refractivity contribution in [2.75, 3.05) is 26.1 Å². The number of rotatable bonds is 7. The van der Waals surface area contributed by atoms with E-state index >= 15 is 0 Å². The quantitative estimate of drug-likeness (QED) is 0.624. The molecule has 7 nitrogen and oxygen atoms in total. The molecule has 3 aromatic rings. The summed E-state index contributed by atoms with van der Waals surface area (Å²) in [5.41, 5.74) is 4.28. The van der Waals surface area contributed by atoms with E-state index in [0.29, 0.717) is 36.1 Å². The van der Waals surface area contributed by atoms with Crippen LogP contribution in [0.1, 0.15) is 35.0 Å². The molecule has 30 heavy (non-hydrogen) atoms. The Labute approximate surface area is 176 Å². The number of methoxy groups -OCH3 is 2. The molecule has 1 unspecified atom stereocenters. The number of benzene rings is 2. The van der Waals surface area contributed by atoms with Crippen molar-refractivity contribution in [2.24, 2.45) is 0 Å². The second kappa shape index (κ2) is 8.59. The number of nitrogens with one attached hydrogen (secondary N) is 1. The molecule has 4 rings (SSSR count). The average Bonchev–Trinajstić information content (AvgIpc) is 3.20. The monoisotopic (exact) mass is 406 g/mol. The Bertz CT molecular complexity index is 1060. The van der Waals surface area contributed by atoms with Crippen molar-refractivity contribution in [3.63, 3.8) is 0 Å². The van der Waals surface area contributed by atoms with Crippen molar-refractivity contribution in [1.82, 2.24) is 14.8 Å². The second-order valence-corrected chi connectivity index (χ2v) is 7.25. The SMILES string of the molecule is COc1ccc(C2C=C(c3ccc(C)cc3)Nc3nc(CCCO)nn32)cc1OC. The van der Waals surface area contributed by atoms with Crippen LogP contribution < -0.4 is 14.8 Å². The zero-order valence-corrected chi connectivity index (χ0v) is 17.4. The van der Waals surface area contributed by atoms with E-state index in [2.05, 4.69) is 47.6 Å². The van der Waals surface area contributed by atoms with Gasteiger partial charge in [-0.05, 0) is 42.7 Å². The fourth-order valence-electron chi connectivity index (χ4n) is 3.56. The van der Waals surface area contributed by atoms with E-state index in [9.17, 15) is 0 Å². The number of aromatic nitrogens is 3. The molecule has 2 aromatic carbocycles. The molecule has 2 N–H and O–H groups in total. The van der Waals surface area contributed by atoms with E-state index in [4.69, 9.17) is 19.7 Å². The number of allylic oxidation sites excluding steroid dienone is 1. The van der Waals surface area contributed by atoms with Crippen LogP contribution in [0.15, 0.2) is 48.5 Å². The van der Waals surface area contributed by atoms with Crippen LogP contribution in [-0.4, -0.2) is 40.7 Å². The maximum Gasteiger partial charge on any atom is 0.226 e. The number of ether oxygens (including phenoxy) is 2. The van der Waals surface area contributed by atoms with Crippen LogP contribution in [0, 0.1) is 6.92 Å². The first-order valence-electron chi connectivity index (χ1n) is 9.97. The van der Waals surface area contributed by atoms with Crippen molar-refractivity contribution in [2.45, 2.75) is 25.8 Å². The number of aryl methyl sites for hydroxylation is 2. The van der Waals surface area contributed by atoms with Crippen LogP contribution in [0.25, 0.3) is 5.70 Å². The fraction of sp³-hybridized carbons (Fsp3) is 0.304. The van der Waals surface area contributed by atoms with Crippen molar-refractivity contribution in [3.8, 4) is 11.5 Å². The van der Waals surface area contributed by atoms with Crippen molar-refractivity contribution >= 4 is 11.6 Å². The number of aliphatic hydroxyl groups is 1. The summed E-state index contributed by atoms with van der Waals surface area (Å²) in [4.78, 5) is 4.67. The number of aliphatic hydroxyl groups excluding tert-OH is 1. The Balaban J connectivity index is 1.79. The van der Waals surface area contributed by atoms with Crippen LogP contribution in [0.5, 0.6) is 11.5 Å². The van der Waals surface area contributed by atoms with Gasteiger partial charge in [-0.2, -0.15) is 10.1 Å². The highest BCUT2D eigenvalue weighted by Crippen LogP contribution is 2.36. The predicted octanol–water partition coefficient (Wildman–Crippen LogP) is 3.58. The van der Waals surface area contributed by atoms with Crippen LogP contribution >= 0.6 is 0 Å². The van der Waals surface area contributed by atoms with Gasteiger partial charge in [-0.1, -0.05) is 35.9 Å². The summed E-state index contributed by atoms with van der Waals surface area (Å²) in [7, 11) is 3.26. The lowest BCUT2D eigenvalue weighted by molar-refractivity contribution is 0.287. The number of hydrogen-bond donors (Lipinski definition) is 2. The summed E-state index contributed by atoms with van der Waals surface area (Å²) < 4.78 is 12.8. The molecule has 0 saturated heterocycles. The van der Waals surface area contributed by atoms with Gasteiger partial charge in [0.2, 0.25) is 5.95 Å². The molecule has 0 fully saturated rings. The molecule has 7 heteroatoms. The fourth-order valence-corrected chi connectivity index (χ4v) is 3.56. The Morgan fingerprint density at radius 2 is 1.83 bits per heavy atom. The van der Waals surface area contributed by atoms with Gasteiger partial charge in [-0.3, -0.25) is 0 Å². The Morgan fingerprint density at radius 1 is 1.07 bits per heavy atom. The first kappa shape index (κ1) is 20.0. The number of hydrogen-bond acceptors (Lipinski definition) is 6. The largest absolute Gasteiger partial charge is 0.493 e. The highest BCUT2D eigenvalue weighted by molar-refractivity contribution is 5.77. The smallest absolute Gasteiger partial charge is 0.226 e. The molecule has 0 spiro atoms. The lowest BCUT2D eigenvalue weighted by Gasteiger charge is -2.25. The van der Waals surface area contributed by atoms with E-state index in [0.717, 1.165) is 16.8 Å². The second-order valence-electron chi connectivity index (χ2n) is 7.25. The Hall–Kier alpha value is -3.32. The van der Waals surface area contributed by atoms with Crippen LogP contribution in [0.4, 0.5) is 5.95 Å². The van der Waals surface area contributed by atoms with Crippen LogP contribution in [-0.2, 0) is 6.42 Å². The Morgan fingerprint density at radius 3 is 2.53 bits per heavy atom. The molecule has 1 aliphatic rings. The lowest BCUT2D eigenvalue weighted by atomic mass is 10.0. The molecule has 0 saturated carbocycles. The molecule has 1 atom stereocenters. The topological polar surface area (TPSA) is 81.4 Å². The molecule has 0 amide bonds. The average molecular weight is 406 g/mol. The maximum atomic E-state index is 9.17. The third-order valence-corrected chi connectivity index (χ3v) is 5.18. The number of fused-ring (bicyclic) bond motifs is 1. The molecular weight excluding hydrogens is 380 g/mol. The van der Waals surface area contributed by atoms with Gasteiger partial charge >= 0.3 is 0 Å². The van der Waals surface area contributed by atoms with E-state index in [1.807, 2.05) is 22.9 Å². The van der Waals surface area contributed by atoms with Crippen molar-refractivity contribution < 1.29 is 14.6 Å². The van der Waals surface area contributed by atoms with Crippen molar-refractivity contribution in [3.05, 3.63) is 71.1 Å². The molecule has 156 valence electrons. The summed E-state index contributed by atoms with van der Waals surface area (Å²) in [5, 5.41) is 17.3. The van der Waals surface area contributed by atoms with E-state index in [1.54, 1.807) is 14.2 Å². The van der Waals surface area contributed by atoms with Gasteiger partial charge in [0.05, 0.1) is 14.2 Å². The summed E-state index contributed by atoms with van der Waals surface area (Å²) in [6.45, 7) is 2.19. The maximum absolute atomic E-state index is 9.17. The normalized spacial score (nSPS) is 15.2. The zero-order chi connectivity index (χ0) is 21.1. The highest BCUT2D eigenvalue weighted by atomic mass is 16.5. The van der Waals surface area contributed by atoms with Crippen LogP contribution in [0.3, 0.4) is 0 Å². The Kier molecular flexibility index (Phi) is 5.72. The van der Waals surface area contributed by atoms with Gasteiger partial charge < -0.3 is 19.9 Å². The minimum absolute atomic E-state index is 0.114. The minimum atomic E-state index is -0.160. The number of anilines is 1. The summed E-state index contributed by atoms with van der Waals surface area (Å²) in [5.74, 6) is 2.73. The van der Waals surface area contributed by atoms with E-state index in [-0.39, 0.29) is 12.6 Å². The summed E-state index contributed by atoms with van der Waals surface area (Å²) >= 11 is 0.